The minimum Gasteiger partial charge on any atom is -0.476 e. The number of carbonyl (C=O) groups is 3. The van der Waals surface area contributed by atoms with Gasteiger partial charge in [0.05, 0.1) is 5.01 Å². The number of hydrogen-bond donors (Lipinski definition) is 3. The third-order valence-electron chi connectivity index (χ3n) is 5.77. The van der Waals surface area contributed by atoms with E-state index in [1.54, 1.807) is 6.92 Å². The summed E-state index contributed by atoms with van der Waals surface area (Å²) in [5.41, 5.74) is 4.53. The lowest BCUT2D eigenvalue weighted by Crippen LogP contribution is -2.47. The molecule has 0 fully saturated rings. The molecule has 0 aliphatic heterocycles. The second-order valence-electron chi connectivity index (χ2n) is 7.90. The average molecular weight is 480 g/mol. The van der Waals surface area contributed by atoms with E-state index < -0.39 is 18.1 Å². The van der Waals surface area contributed by atoms with E-state index in [-0.39, 0.29) is 30.7 Å². The van der Waals surface area contributed by atoms with Crippen LogP contribution in [0.1, 0.15) is 45.9 Å². The molecule has 1 heterocycles. The lowest BCUT2D eigenvalue weighted by atomic mass is 9.98. The van der Waals surface area contributed by atoms with Crippen LogP contribution >= 0.6 is 11.3 Å². The molecule has 9 heteroatoms. The van der Waals surface area contributed by atoms with Crippen LogP contribution in [0.5, 0.6) is 0 Å². The highest BCUT2D eigenvalue weighted by molar-refractivity contribution is 7.09. The van der Waals surface area contributed by atoms with Gasteiger partial charge in [-0.2, -0.15) is 0 Å². The van der Waals surface area contributed by atoms with Crippen molar-refractivity contribution in [2.24, 2.45) is 0 Å². The quantitative estimate of drug-likeness (QED) is 0.430. The predicted molar refractivity (Wildman–Crippen MR) is 128 cm³/mol. The minimum absolute atomic E-state index is 0.00492. The van der Waals surface area contributed by atoms with Crippen molar-refractivity contribution in [1.82, 2.24) is 15.6 Å². The van der Waals surface area contributed by atoms with Crippen LogP contribution in [-0.2, 0) is 16.0 Å². The van der Waals surface area contributed by atoms with Crippen molar-refractivity contribution in [3.05, 3.63) is 75.7 Å². The molecule has 3 aromatic rings. The van der Waals surface area contributed by atoms with Crippen LogP contribution < -0.4 is 10.6 Å². The molecular formula is C25H25N3O5S. The molecule has 3 N–H and O–H groups in total. The summed E-state index contributed by atoms with van der Waals surface area (Å²) in [5.74, 6) is -1.46. The van der Waals surface area contributed by atoms with Gasteiger partial charge in [-0.1, -0.05) is 55.5 Å². The van der Waals surface area contributed by atoms with Crippen molar-refractivity contribution in [2.75, 3.05) is 13.2 Å². The van der Waals surface area contributed by atoms with Gasteiger partial charge in [0.15, 0.2) is 5.69 Å². The van der Waals surface area contributed by atoms with Gasteiger partial charge in [-0.3, -0.25) is 4.79 Å². The lowest BCUT2D eigenvalue weighted by molar-refractivity contribution is -0.123. The van der Waals surface area contributed by atoms with E-state index in [0.29, 0.717) is 17.8 Å². The van der Waals surface area contributed by atoms with E-state index in [9.17, 15) is 14.4 Å². The number of hydrogen-bond acceptors (Lipinski definition) is 6. The smallest absolute Gasteiger partial charge is 0.407 e. The summed E-state index contributed by atoms with van der Waals surface area (Å²) in [6.07, 6.45) is 0.163. The minimum atomic E-state index is -1.08. The largest absolute Gasteiger partial charge is 0.476 e. The molecule has 0 radical (unpaired) electrons. The highest BCUT2D eigenvalue weighted by Gasteiger charge is 2.29. The van der Waals surface area contributed by atoms with Gasteiger partial charge in [0, 0.05) is 24.3 Å². The molecule has 4 rings (SSSR count). The summed E-state index contributed by atoms with van der Waals surface area (Å²) in [4.78, 5) is 39.9. The van der Waals surface area contributed by atoms with Gasteiger partial charge in [0.25, 0.3) is 0 Å². The molecule has 2 amide bonds. The Bertz CT molecular complexity index is 1160. The summed E-state index contributed by atoms with van der Waals surface area (Å²) in [6.45, 7) is 2.26. The van der Waals surface area contributed by atoms with Crippen molar-refractivity contribution in [3.8, 4) is 11.1 Å². The lowest BCUT2D eigenvalue weighted by Gasteiger charge is -2.18. The summed E-state index contributed by atoms with van der Waals surface area (Å²) in [6, 6.07) is 15.4. The Morgan fingerprint density at radius 1 is 1.09 bits per heavy atom. The number of amides is 2. The number of rotatable bonds is 9. The fourth-order valence-electron chi connectivity index (χ4n) is 4.08. The summed E-state index contributed by atoms with van der Waals surface area (Å²) >= 11 is 1.23. The third-order valence-corrected chi connectivity index (χ3v) is 6.68. The maximum absolute atomic E-state index is 12.5. The number of nitrogens with zero attached hydrogens (tertiary/aromatic N) is 1. The molecule has 0 saturated heterocycles. The second-order valence-corrected chi connectivity index (χ2v) is 8.85. The number of nitrogens with one attached hydrogen (secondary N) is 2. The number of carbonyl (C=O) groups excluding carboxylic acids is 2. The van der Waals surface area contributed by atoms with Gasteiger partial charge in [-0.15, -0.1) is 11.3 Å². The topological polar surface area (TPSA) is 118 Å². The first-order valence-corrected chi connectivity index (χ1v) is 11.9. The fourth-order valence-corrected chi connectivity index (χ4v) is 4.85. The zero-order valence-corrected chi connectivity index (χ0v) is 19.4. The molecule has 0 bridgehead atoms. The molecule has 2 aromatic carbocycles. The molecule has 8 nitrogen and oxygen atoms in total. The standard InChI is InChI=1S/C25H25N3O5S/c1-2-20(23(29)26-12-11-22-27-21(14-34-22)24(30)31)28-25(32)33-13-19-17-9-5-3-7-15(17)16-8-4-6-10-18(16)19/h3-10,14,19-20H,2,11-13H2,1H3,(H,26,29)(H,28,32)(H,30,31). The van der Waals surface area contributed by atoms with E-state index >= 15 is 0 Å². The van der Waals surface area contributed by atoms with E-state index in [4.69, 9.17) is 9.84 Å². The zero-order valence-electron chi connectivity index (χ0n) is 18.6. The van der Waals surface area contributed by atoms with Crippen molar-refractivity contribution in [2.45, 2.75) is 31.7 Å². The Hall–Kier alpha value is -3.72. The monoisotopic (exact) mass is 479 g/mol. The third kappa shape index (κ3) is 5.09. The molecule has 176 valence electrons. The number of aromatic nitrogens is 1. The van der Waals surface area contributed by atoms with Crippen LogP contribution in [0.15, 0.2) is 53.9 Å². The maximum atomic E-state index is 12.5. The highest BCUT2D eigenvalue weighted by atomic mass is 32.1. The van der Waals surface area contributed by atoms with E-state index in [0.717, 1.165) is 22.3 Å². The molecular weight excluding hydrogens is 454 g/mol. The molecule has 34 heavy (non-hydrogen) atoms. The second kappa shape index (κ2) is 10.5. The van der Waals surface area contributed by atoms with E-state index in [1.807, 2.05) is 36.4 Å². The van der Waals surface area contributed by atoms with Crippen molar-refractivity contribution in [1.29, 1.82) is 0 Å². The Labute approximate surface area is 201 Å². The summed E-state index contributed by atoms with van der Waals surface area (Å²) in [5, 5.41) is 16.4. The number of benzene rings is 2. The normalized spacial score (nSPS) is 13.0. The van der Waals surface area contributed by atoms with Gasteiger partial charge < -0.3 is 20.5 Å². The van der Waals surface area contributed by atoms with Crippen LogP contribution in [0, 0.1) is 0 Å². The fraction of sp³-hybridized carbons (Fsp3) is 0.280. The van der Waals surface area contributed by atoms with Crippen LogP contribution in [0.4, 0.5) is 4.79 Å². The van der Waals surface area contributed by atoms with Gasteiger partial charge in [-0.25, -0.2) is 14.6 Å². The number of carboxylic acid groups (broad SMARTS) is 1. The Kier molecular flexibility index (Phi) is 7.22. The Morgan fingerprint density at radius 2 is 1.74 bits per heavy atom. The first kappa shape index (κ1) is 23.4. The first-order chi connectivity index (χ1) is 16.5. The molecule has 1 aliphatic carbocycles. The first-order valence-electron chi connectivity index (χ1n) is 11.0. The van der Waals surface area contributed by atoms with Crippen LogP contribution in [0.25, 0.3) is 11.1 Å². The van der Waals surface area contributed by atoms with Crippen LogP contribution in [0.2, 0.25) is 0 Å². The Morgan fingerprint density at radius 3 is 2.32 bits per heavy atom. The number of aromatic carboxylic acids is 1. The van der Waals surface area contributed by atoms with Gasteiger partial charge in [-0.05, 0) is 28.7 Å². The average Bonchev–Trinajstić information content (AvgIpc) is 3.44. The molecule has 1 atom stereocenters. The Balaban J connectivity index is 1.28. The van der Waals surface area contributed by atoms with E-state index in [1.165, 1.54) is 16.7 Å². The van der Waals surface area contributed by atoms with Crippen molar-refractivity contribution >= 4 is 29.3 Å². The van der Waals surface area contributed by atoms with E-state index in [2.05, 4.69) is 27.8 Å². The summed E-state index contributed by atoms with van der Waals surface area (Å²) in [7, 11) is 0. The predicted octanol–water partition coefficient (Wildman–Crippen LogP) is 3.82. The number of fused-ring (bicyclic) bond motifs is 3. The number of alkyl carbamates (subject to hydrolysis) is 1. The van der Waals surface area contributed by atoms with Crippen LogP contribution in [-0.4, -0.2) is 47.3 Å². The van der Waals surface area contributed by atoms with Gasteiger partial charge in [0.2, 0.25) is 5.91 Å². The van der Waals surface area contributed by atoms with Gasteiger partial charge in [0.1, 0.15) is 12.6 Å². The van der Waals surface area contributed by atoms with Crippen LogP contribution in [0.3, 0.4) is 0 Å². The number of ether oxygens (including phenoxy) is 1. The number of carboxylic acids is 1. The molecule has 1 aromatic heterocycles. The SMILES string of the molecule is CCC(NC(=O)OCC1c2ccccc2-c2ccccc21)C(=O)NCCc1nc(C(=O)O)cs1. The molecule has 0 saturated carbocycles. The van der Waals surface area contributed by atoms with Crippen molar-refractivity contribution < 1.29 is 24.2 Å². The summed E-state index contributed by atoms with van der Waals surface area (Å²) < 4.78 is 5.53. The van der Waals surface area contributed by atoms with Crippen molar-refractivity contribution in [3.63, 3.8) is 0 Å². The molecule has 1 aliphatic rings. The molecule has 1 unspecified atom stereocenters. The highest BCUT2D eigenvalue weighted by Crippen LogP contribution is 2.44. The zero-order chi connectivity index (χ0) is 24.1. The van der Waals surface area contributed by atoms with Gasteiger partial charge >= 0.3 is 12.1 Å². The maximum Gasteiger partial charge on any atom is 0.407 e. The molecule has 0 spiro atoms. The number of thiazole rings is 1.